The lowest BCUT2D eigenvalue weighted by molar-refractivity contribution is 0.0696. The fourth-order valence-electron chi connectivity index (χ4n) is 2.70. The first kappa shape index (κ1) is 14.9. The predicted molar refractivity (Wildman–Crippen MR) is 73.1 cm³/mol. The van der Waals surface area contributed by atoms with Crippen LogP contribution in [0.2, 0.25) is 0 Å². The van der Waals surface area contributed by atoms with Gasteiger partial charge in [-0.1, -0.05) is 12.8 Å². The molecule has 1 saturated heterocycles. The molecule has 110 valence electrons. The van der Waals surface area contributed by atoms with Crippen LogP contribution >= 0.6 is 0 Å². The molecule has 4 nitrogen and oxygen atoms in total. The summed E-state index contributed by atoms with van der Waals surface area (Å²) in [4.78, 5) is 13.0. The van der Waals surface area contributed by atoms with Crippen LogP contribution in [0.5, 0.6) is 0 Å². The van der Waals surface area contributed by atoms with Crippen LogP contribution in [0.1, 0.15) is 41.6 Å². The van der Waals surface area contributed by atoms with E-state index in [-0.39, 0.29) is 18.2 Å². The molecule has 0 spiro atoms. The highest BCUT2D eigenvalue weighted by molar-refractivity contribution is 5.87. The van der Waals surface area contributed by atoms with Crippen molar-refractivity contribution in [2.45, 2.75) is 38.3 Å². The number of hydrogen-bond donors (Lipinski definition) is 2. The summed E-state index contributed by atoms with van der Waals surface area (Å²) in [6.45, 7) is 1.21. The van der Waals surface area contributed by atoms with Gasteiger partial charge < -0.3 is 10.2 Å². The van der Waals surface area contributed by atoms with Crippen molar-refractivity contribution in [1.29, 1.82) is 0 Å². The van der Waals surface area contributed by atoms with Gasteiger partial charge >= 0.3 is 5.97 Å². The SMILES string of the molecule is O=C(O)c1ccc(F)c(CN2CCCCCC2CO)c1. The van der Waals surface area contributed by atoms with Crippen molar-refractivity contribution < 1.29 is 19.4 Å². The van der Waals surface area contributed by atoms with Crippen molar-refractivity contribution in [2.75, 3.05) is 13.2 Å². The van der Waals surface area contributed by atoms with Gasteiger partial charge in [0.1, 0.15) is 5.82 Å². The van der Waals surface area contributed by atoms with Gasteiger partial charge in [0.05, 0.1) is 12.2 Å². The summed E-state index contributed by atoms with van der Waals surface area (Å²) in [6, 6.07) is 3.89. The lowest BCUT2D eigenvalue weighted by Gasteiger charge is -2.28. The normalized spacial score (nSPS) is 20.6. The van der Waals surface area contributed by atoms with Crippen molar-refractivity contribution in [3.05, 3.63) is 35.1 Å². The number of likely N-dealkylation sites (tertiary alicyclic amines) is 1. The van der Waals surface area contributed by atoms with Crippen LogP contribution in [0.25, 0.3) is 0 Å². The number of carboxylic acid groups (broad SMARTS) is 1. The Labute approximate surface area is 117 Å². The first-order valence-corrected chi connectivity index (χ1v) is 6.98. The zero-order valence-corrected chi connectivity index (χ0v) is 11.4. The first-order valence-electron chi connectivity index (χ1n) is 6.98. The van der Waals surface area contributed by atoms with Crippen LogP contribution in [0.3, 0.4) is 0 Å². The van der Waals surface area contributed by atoms with E-state index in [0.717, 1.165) is 32.2 Å². The summed E-state index contributed by atoms with van der Waals surface area (Å²) in [5.41, 5.74) is 0.474. The molecule has 1 atom stereocenters. The molecule has 1 heterocycles. The van der Waals surface area contributed by atoms with E-state index in [1.54, 1.807) is 0 Å². The minimum Gasteiger partial charge on any atom is -0.478 e. The topological polar surface area (TPSA) is 60.8 Å². The van der Waals surface area contributed by atoms with E-state index in [0.29, 0.717) is 12.1 Å². The highest BCUT2D eigenvalue weighted by Crippen LogP contribution is 2.21. The standard InChI is InChI=1S/C15H20FNO3/c16-14-6-5-11(15(19)20)8-12(14)9-17-7-3-1-2-4-13(17)10-18/h5-6,8,13,18H,1-4,7,9-10H2,(H,19,20). The van der Waals surface area contributed by atoms with Gasteiger partial charge in [0.15, 0.2) is 0 Å². The van der Waals surface area contributed by atoms with E-state index in [1.807, 2.05) is 0 Å². The Bertz CT molecular complexity index is 478. The maximum atomic E-state index is 13.8. The third kappa shape index (κ3) is 3.55. The first-order chi connectivity index (χ1) is 9.61. The fourth-order valence-corrected chi connectivity index (χ4v) is 2.70. The second-order valence-corrected chi connectivity index (χ2v) is 5.27. The second kappa shape index (κ2) is 6.81. The molecule has 0 amide bonds. The van der Waals surface area contributed by atoms with E-state index in [9.17, 15) is 14.3 Å². The van der Waals surface area contributed by atoms with Crippen LogP contribution in [-0.4, -0.2) is 40.3 Å². The molecule has 0 saturated carbocycles. The zero-order chi connectivity index (χ0) is 14.5. The summed E-state index contributed by atoms with van der Waals surface area (Å²) >= 11 is 0. The quantitative estimate of drug-likeness (QED) is 0.888. The Kier molecular flexibility index (Phi) is 5.09. The molecule has 1 fully saturated rings. The number of aromatic carboxylic acids is 1. The molecule has 0 radical (unpaired) electrons. The van der Waals surface area contributed by atoms with Crippen molar-refractivity contribution in [3.8, 4) is 0 Å². The number of hydrogen-bond acceptors (Lipinski definition) is 3. The Morgan fingerprint density at radius 3 is 2.85 bits per heavy atom. The molecule has 1 aliphatic rings. The van der Waals surface area contributed by atoms with Gasteiger partial charge in [-0.25, -0.2) is 9.18 Å². The Hall–Kier alpha value is -1.46. The van der Waals surface area contributed by atoms with E-state index in [1.165, 1.54) is 18.2 Å². The second-order valence-electron chi connectivity index (χ2n) is 5.27. The molecule has 1 aromatic rings. The van der Waals surface area contributed by atoms with Crippen molar-refractivity contribution in [1.82, 2.24) is 4.90 Å². The maximum Gasteiger partial charge on any atom is 0.335 e. The maximum absolute atomic E-state index is 13.8. The highest BCUT2D eigenvalue weighted by Gasteiger charge is 2.21. The molecule has 2 rings (SSSR count). The Morgan fingerprint density at radius 1 is 1.35 bits per heavy atom. The molecular weight excluding hydrogens is 261 g/mol. The van der Waals surface area contributed by atoms with Gasteiger partial charge in [-0.15, -0.1) is 0 Å². The number of rotatable bonds is 4. The van der Waals surface area contributed by atoms with Gasteiger partial charge in [0, 0.05) is 18.2 Å². The number of halogens is 1. The average Bonchev–Trinajstić information content (AvgIpc) is 2.66. The van der Waals surface area contributed by atoms with Crippen molar-refractivity contribution in [3.63, 3.8) is 0 Å². The summed E-state index contributed by atoms with van der Waals surface area (Å²) < 4.78 is 13.8. The van der Waals surface area contributed by atoms with Crippen LogP contribution in [0.4, 0.5) is 4.39 Å². The molecule has 2 N–H and O–H groups in total. The highest BCUT2D eigenvalue weighted by atomic mass is 19.1. The van der Waals surface area contributed by atoms with Gasteiger partial charge in [-0.2, -0.15) is 0 Å². The Morgan fingerprint density at radius 2 is 2.15 bits per heavy atom. The molecule has 1 aliphatic heterocycles. The van der Waals surface area contributed by atoms with Gasteiger partial charge in [-0.3, -0.25) is 4.90 Å². The minimum atomic E-state index is -1.05. The van der Waals surface area contributed by atoms with E-state index >= 15 is 0 Å². The third-order valence-electron chi connectivity index (χ3n) is 3.88. The minimum absolute atomic E-state index is 0.0328. The number of carbonyl (C=O) groups is 1. The smallest absolute Gasteiger partial charge is 0.335 e. The van der Waals surface area contributed by atoms with E-state index < -0.39 is 11.8 Å². The third-order valence-corrected chi connectivity index (χ3v) is 3.88. The van der Waals surface area contributed by atoms with Gasteiger partial charge in [0.2, 0.25) is 0 Å². The lowest BCUT2D eigenvalue weighted by atomic mass is 10.1. The fraction of sp³-hybridized carbons (Fsp3) is 0.533. The van der Waals surface area contributed by atoms with Gasteiger partial charge in [-0.05, 0) is 37.6 Å². The molecule has 0 bridgehead atoms. The van der Waals surface area contributed by atoms with Crippen LogP contribution in [-0.2, 0) is 6.54 Å². The number of nitrogens with zero attached hydrogens (tertiary/aromatic N) is 1. The molecule has 20 heavy (non-hydrogen) atoms. The average molecular weight is 281 g/mol. The Balaban J connectivity index is 2.18. The molecule has 1 aromatic carbocycles. The zero-order valence-electron chi connectivity index (χ0n) is 11.4. The molecule has 5 heteroatoms. The number of aliphatic hydroxyl groups excluding tert-OH is 1. The monoisotopic (exact) mass is 281 g/mol. The summed E-state index contributed by atoms with van der Waals surface area (Å²) in [6.07, 6.45) is 4.11. The number of aliphatic hydroxyl groups is 1. The van der Waals surface area contributed by atoms with Crippen LogP contribution in [0, 0.1) is 5.82 Å². The predicted octanol–water partition coefficient (Wildman–Crippen LogP) is 2.26. The molecule has 1 unspecified atom stereocenters. The van der Waals surface area contributed by atoms with E-state index in [2.05, 4.69) is 4.90 Å². The molecular formula is C15H20FNO3. The number of benzene rings is 1. The van der Waals surface area contributed by atoms with Crippen LogP contribution in [0.15, 0.2) is 18.2 Å². The lowest BCUT2D eigenvalue weighted by Crippen LogP contribution is -2.37. The molecule has 0 aliphatic carbocycles. The molecule has 0 aromatic heterocycles. The summed E-state index contributed by atoms with van der Waals surface area (Å²) in [5.74, 6) is -1.45. The van der Waals surface area contributed by atoms with Crippen molar-refractivity contribution in [2.24, 2.45) is 0 Å². The van der Waals surface area contributed by atoms with E-state index in [4.69, 9.17) is 5.11 Å². The van der Waals surface area contributed by atoms with Crippen LogP contribution < -0.4 is 0 Å². The van der Waals surface area contributed by atoms with Gasteiger partial charge in [0.25, 0.3) is 0 Å². The number of carboxylic acids is 1. The summed E-state index contributed by atoms with van der Waals surface area (Å²) in [5, 5.41) is 18.4. The largest absolute Gasteiger partial charge is 0.478 e. The summed E-state index contributed by atoms with van der Waals surface area (Å²) in [7, 11) is 0. The van der Waals surface area contributed by atoms with Crippen molar-refractivity contribution >= 4 is 5.97 Å².